The topological polar surface area (TPSA) is 55.8 Å². The van der Waals surface area contributed by atoms with Crippen LogP contribution in [-0.2, 0) is 6.61 Å². The van der Waals surface area contributed by atoms with Crippen molar-refractivity contribution in [3.05, 3.63) is 71.8 Å². The van der Waals surface area contributed by atoms with E-state index in [1.807, 2.05) is 68.4 Å². The number of hydrogen-bond donors (Lipinski definition) is 1. The van der Waals surface area contributed by atoms with Crippen molar-refractivity contribution >= 4 is 16.7 Å². The standard InChI is InChI=1S/C21H20O4/c1-14(2)25-20-17-11-7-6-10-16(17)12-18(21(22)23)19(20)24-13-15-8-4-3-5-9-15/h3-12,14H,13H2,1-2H3,(H,22,23). The lowest BCUT2D eigenvalue weighted by molar-refractivity contribution is 0.0690. The molecule has 4 heteroatoms. The minimum Gasteiger partial charge on any atom is -0.486 e. The molecule has 0 aliphatic heterocycles. The maximum Gasteiger partial charge on any atom is 0.339 e. The lowest BCUT2D eigenvalue weighted by Gasteiger charge is -2.19. The Morgan fingerprint density at radius 2 is 1.68 bits per heavy atom. The largest absolute Gasteiger partial charge is 0.486 e. The molecule has 0 fully saturated rings. The average Bonchev–Trinajstić information content (AvgIpc) is 2.60. The number of benzene rings is 3. The van der Waals surface area contributed by atoms with Crippen LogP contribution in [0.3, 0.4) is 0 Å². The van der Waals surface area contributed by atoms with E-state index in [1.165, 1.54) is 0 Å². The molecule has 0 heterocycles. The zero-order valence-corrected chi connectivity index (χ0v) is 14.2. The van der Waals surface area contributed by atoms with Gasteiger partial charge in [0.05, 0.1) is 6.10 Å². The Kier molecular flexibility index (Phi) is 4.89. The summed E-state index contributed by atoms with van der Waals surface area (Å²) in [6.07, 6.45) is -0.105. The molecule has 0 aliphatic carbocycles. The normalized spacial score (nSPS) is 10.8. The van der Waals surface area contributed by atoms with Gasteiger partial charge in [0.2, 0.25) is 0 Å². The van der Waals surface area contributed by atoms with Crippen molar-refractivity contribution < 1.29 is 19.4 Å². The fraction of sp³-hybridized carbons (Fsp3) is 0.190. The third-order valence-corrected chi connectivity index (χ3v) is 3.77. The maximum atomic E-state index is 11.8. The molecule has 0 aliphatic rings. The molecular weight excluding hydrogens is 316 g/mol. The highest BCUT2D eigenvalue weighted by molar-refractivity contribution is 6.01. The van der Waals surface area contributed by atoms with Gasteiger partial charge in [0.1, 0.15) is 12.2 Å². The van der Waals surface area contributed by atoms with Crippen LogP contribution in [0.2, 0.25) is 0 Å². The van der Waals surface area contributed by atoms with Crippen LogP contribution in [-0.4, -0.2) is 17.2 Å². The second kappa shape index (κ2) is 7.26. The van der Waals surface area contributed by atoms with Gasteiger partial charge in [-0.3, -0.25) is 0 Å². The van der Waals surface area contributed by atoms with Crippen LogP contribution in [0, 0.1) is 0 Å². The van der Waals surface area contributed by atoms with Gasteiger partial charge in [-0.25, -0.2) is 4.79 Å². The fourth-order valence-corrected chi connectivity index (χ4v) is 2.68. The molecule has 0 aromatic heterocycles. The van der Waals surface area contributed by atoms with Crippen molar-refractivity contribution in [1.29, 1.82) is 0 Å². The van der Waals surface area contributed by atoms with Crippen LogP contribution in [0.4, 0.5) is 0 Å². The number of carboxylic acid groups (broad SMARTS) is 1. The lowest BCUT2D eigenvalue weighted by atomic mass is 10.0. The Bertz CT molecular complexity index is 885. The van der Waals surface area contributed by atoms with Gasteiger partial charge in [-0.05, 0) is 30.9 Å². The molecule has 0 radical (unpaired) electrons. The summed E-state index contributed by atoms with van der Waals surface area (Å²) in [4.78, 5) is 11.8. The molecule has 3 rings (SSSR count). The minimum absolute atomic E-state index is 0.102. The van der Waals surface area contributed by atoms with Gasteiger partial charge < -0.3 is 14.6 Å². The number of rotatable bonds is 6. The minimum atomic E-state index is -1.04. The van der Waals surface area contributed by atoms with Gasteiger partial charge >= 0.3 is 5.97 Å². The maximum absolute atomic E-state index is 11.8. The number of aromatic carboxylic acids is 1. The molecule has 0 atom stereocenters. The van der Waals surface area contributed by atoms with E-state index in [9.17, 15) is 9.90 Å². The van der Waals surface area contributed by atoms with Crippen LogP contribution >= 0.6 is 0 Å². The first-order valence-corrected chi connectivity index (χ1v) is 8.18. The first-order valence-electron chi connectivity index (χ1n) is 8.18. The van der Waals surface area contributed by atoms with Crippen LogP contribution in [0.25, 0.3) is 10.8 Å². The molecule has 128 valence electrons. The van der Waals surface area contributed by atoms with Crippen LogP contribution in [0.5, 0.6) is 11.5 Å². The van der Waals surface area contributed by atoms with Gasteiger partial charge in [-0.2, -0.15) is 0 Å². The summed E-state index contributed by atoms with van der Waals surface area (Å²) >= 11 is 0. The number of hydrogen-bond acceptors (Lipinski definition) is 3. The van der Waals surface area contributed by atoms with Gasteiger partial charge in [0.25, 0.3) is 0 Å². The second-order valence-electron chi connectivity index (χ2n) is 6.05. The van der Waals surface area contributed by atoms with Crippen molar-refractivity contribution in [2.24, 2.45) is 0 Å². The molecule has 0 bridgehead atoms. The molecule has 3 aromatic carbocycles. The van der Waals surface area contributed by atoms with E-state index >= 15 is 0 Å². The first-order chi connectivity index (χ1) is 12.1. The monoisotopic (exact) mass is 336 g/mol. The highest BCUT2D eigenvalue weighted by atomic mass is 16.5. The van der Waals surface area contributed by atoms with Gasteiger partial charge in [-0.15, -0.1) is 0 Å². The molecule has 0 spiro atoms. The summed E-state index contributed by atoms with van der Waals surface area (Å²) in [5, 5.41) is 11.3. The highest BCUT2D eigenvalue weighted by Crippen LogP contribution is 2.40. The molecule has 1 N–H and O–H groups in total. The van der Waals surface area contributed by atoms with Crippen molar-refractivity contribution in [3.63, 3.8) is 0 Å². The summed E-state index contributed by atoms with van der Waals surface area (Å²) in [6.45, 7) is 4.08. The van der Waals surface area contributed by atoms with Crippen LogP contribution < -0.4 is 9.47 Å². The van der Waals surface area contributed by atoms with Crippen LogP contribution in [0.15, 0.2) is 60.7 Å². The summed E-state index contributed by atoms with van der Waals surface area (Å²) in [7, 11) is 0. The number of ether oxygens (including phenoxy) is 2. The number of carboxylic acids is 1. The van der Waals surface area contributed by atoms with E-state index in [0.717, 1.165) is 16.3 Å². The SMILES string of the molecule is CC(C)Oc1c(OCc2ccccc2)c(C(=O)O)cc2ccccc12. The van der Waals surface area contributed by atoms with Gasteiger partial charge in [-0.1, -0.05) is 54.6 Å². The predicted molar refractivity (Wildman–Crippen MR) is 97.4 cm³/mol. The van der Waals surface area contributed by atoms with E-state index in [0.29, 0.717) is 5.75 Å². The zero-order chi connectivity index (χ0) is 17.8. The molecule has 3 aromatic rings. The van der Waals surface area contributed by atoms with E-state index < -0.39 is 5.97 Å². The Labute approximate surface area is 146 Å². The fourth-order valence-electron chi connectivity index (χ4n) is 2.68. The Morgan fingerprint density at radius 3 is 2.36 bits per heavy atom. The summed E-state index contributed by atoms with van der Waals surface area (Å²) in [5.74, 6) is -0.299. The highest BCUT2D eigenvalue weighted by Gasteiger charge is 2.21. The number of carbonyl (C=O) groups is 1. The van der Waals surface area contributed by atoms with E-state index in [-0.39, 0.29) is 24.0 Å². The van der Waals surface area contributed by atoms with Crippen molar-refractivity contribution in [1.82, 2.24) is 0 Å². The molecule has 0 amide bonds. The summed E-state index contributed by atoms with van der Waals surface area (Å²) in [6, 6.07) is 18.8. The molecular formula is C21H20O4. The third kappa shape index (κ3) is 3.74. The summed E-state index contributed by atoms with van der Waals surface area (Å²) in [5.41, 5.74) is 1.06. The Balaban J connectivity index is 2.12. The van der Waals surface area contributed by atoms with E-state index in [2.05, 4.69) is 0 Å². The van der Waals surface area contributed by atoms with Crippen molar-refractivity contribution in [2.45, 2.75) is 26.6 Å². The van der Waals surface area contributed by atoms with Gasteiger partial charge in [0, 0.05) is 5.39 Å². The summed E-state index contributed by atoms with van der Waals surface area (Å²) < 4.78 is 11.9. The molecule has 25 heavy (non-hydrogen) atoms. The van der Waals surface area contributed by atoms with Crippen molar-refractivity contribution in [3.8, 4) is 11.5 Å². The Morgan fingerprint density at radius 1 is 1.00 bits per heavy atom. The lowest BCUT2D eigenvalue weighted by Crippen LogP contribution is -2.11. The molecule has 0 saturated heterocycles. The smallest absolute Gasteiger partial charge is 0.339 e. The Hall–Kier alpha value is -3.01. The average molecular weight is 336 g/mol. The first kappa shape index (κ1) is 16.8. The van der Waals surface area contributed by atoms with E-state index in [4.69, 9.17) is 9.47 Å². The van der Waals surface area contributed by atoms with Gasteiger partial charge in [0.15, 0.2) is 11.5 Å². The third-order valence-electron chi connectivity index (χ3n) is 3.77. The second-order valence-corrected chi connectivity index (χ2v) is 6.05. The molecule has 0 unspecified atom stereocenters. The van der Waals surface area contributed by atoms with Crippen molar-refractivity contribution in [2.75, 3.05) is 0 Å². The molecule has 0 saturated carbocycles. The number of fused-ring (bicyclic) bond motifs is 1. The van der Waals surface area contributed by atoms with Crippen LogP contribution in [0.1, 0.15) is 29.8 Å². The molecule has 4 nitrogen and oxygen atoms in total. The van der Waals surface area contributed by atoms with E-state index in [1.54, 1.807) is 6.07 Å². The zero-order valence-electron chi connectivity index (χ0n) is 14.2. The quantitative estimate of drug-likeness (QED) is 0.695. The predicted octanol–water partition coefficient (Wildman–Crippen LogP) is 4.90.